The lowest BCUT2D eigenvalue weighted by molar-refractivity contribution is -0.174. The van der Waals surface area contributed by atoms with E-state index >= 15 is 0 Å². The predicted molar refractivity (Wildman–Crippen MR) is 64.6 cm³/mol. The van der Waals surface area contributed by atoms with Crippen molar-refractivity contribution in [3.8, 4) is 0 Å². The molecule has 0 aromatic rings. The number of halogens is 3. The molecule has 1 rings (SSSR count). The molecule has 3 nitrogen and oxygen atoms in total. The fraction of sp³-hybridized carbons (Fsp3) is 1.00. The Morgan fingerprint density at radius 3 is 2.50 bits per heavy atom. The minimum Gasteiger partial charge on any atom is -0.371 e. The summed E-state index contributed by atoms with van der Waals surface area (Å²) in [5.74, 6) is 0. The third kappa shape index (κ3) is 7.18. The molecular formula is C12H23F3N2O. The summed E-state index contributed by atoms with van der Waals surface area (Å²) >= 11 is 0. The first-order valence-electron chi connectivity index (χ1n) is 6.61. The summed E-state index contributed by atoms with van der Waals surface area (Å²) in [4.78, 5) is 2.17. The molecule has 0 amide bonds. The zero-order valence-corrected chi connectivity index (χ0v) is 10.9. The molecule has 6 heteroatoms. The fourth-order valence-electron chi connectivity index (χ4n) is 2.09. The van der Waals surface area contributed by atoms with E-state index in [1.165, 1.54) is 0 Å². The van der Waals surface area contributed by atoms with Crippen molar-refractivity contribution in [3.05, 3.63) is 0 Å². The number of alkyl halides is 3. The maximum Gasteiger partial charge on any atom is 0.411 e. The third-order valence-electron chi connectivity index (χ3n) is 3.09. The van der Waals surface area contributed by atoms with Crippen LogP contribution >= 0.6 is 0 Å². The van der Waals surface area contributed by atoms with E-state index < -0.39 is 12.8 Å². The molecule has 1 N–H and O–H groups in total. The van der Waals surface area contributed by atoms with Crippen molar-refractivity contribution in [3.63, 3.8) is 0 Å². The first-order chi connectivity index (χ1) is 8.51. The van der Waals surface area contributed by atoms with E-state index in [-0.39, 0.29) is 6.61 Å². The van der Waals surface area contributed by atoms with Gasteiger partial charge in [0, 0.05) is 12.6 Å². The molecule has 1 aliphatic heterocycles. The smallest absolute Gasteiger partial charge is 0.371 e. The Labute approximate surface area is 107 Å². The standard InChI is InChI=1S/C12H23F3N2O/c1-2-5-16-11-3-6-17(7-4-11)8-9-18-10-12(13,14)15/h11,16H,2-10H2,1H3. The maximum absolute atomic E-state index is 11.8. The van der Waals surface area contributed by atoms with Gasteiger partial charge in [-0.05, 0) is 38.9 Å². The summed E-state index contributed by atoms with van der Waals surface area (Å²) < 4.78 is 40.1. The minimum atomic E-state index is -4.21. The third-order valence-corrected chi connectivity index (χ3v) is 3.09. The molecule has 0 bridgehead atoms. The summed E-state index contributed by atoms with van der Waals surface area (Å²) in [6.07, 6.45) is -0.943. The van der Waals surface area contributed by atoms with E-state index in [0.29, 0.717) is 12.6 Å². The monoisotopic (exact) mass is 268 g/mol. The number of rotatable bonds is 7. The van der Waals surface area contributed by atoms with Gasteiger partial charge in [0.15, 0.2) is 0 Å². The Kier molecular flexibility index (Phi) is 6.96. The molecule has 18 heavy (non-hydrogen) atoms. The van der Waals surface area contributed by atoms with Gasteiger partial charge in [-0.3, -0.25) is 0 Å². The molecule has 0 aliphatic carbocycles. The van der Waals surface area contributed by atoms with Crippen LogP contribution in [0, 0.1) is 0 Å². The highest BCUT2D eigenvalue weighted by Crippen LogP contribution is 2.14. The van der Waals surface area contributed by atoms with E-state index in [2.05, 4.69) is 21.9 Å². The summed E-state index contributed by atoms with van der Waals surface area (Å²) in [7, 11) is 0. The number of likely N-dealkylation sites (tertiary alicyclic amines) is 1. The van der Waals surface area contributed by atoms with Crippen molar-refractivity contribution in [1.29, 1.82) is 0 Å². The Balaban J connectivity index is 2.02. The zero-order valence-electron chi connectivity index (χ0n) is 10.9. The molecule has 0 saturated carbocycles. The van der Waals surface area contributed by atoms with Gasteiger partial charge < -0.3 is 15.0 Å². The Hall–Kier alpha value is -0.330. The number of hydrogen-bond acceptors (Lipinski definition) is 3. The van der Waals surface area contributed by atoms with Gasteiger partial charge in [0.1, 0.15) is 6.61 Å². The van der Waals surface area contributed by atoms with Gasteiger partial charge in [-0.25, -0.2) is 0 Å². The van der Waals surface area contributed by atoms with Crippen molar-refractivity contribution in [2.24, 2.45) is 0 Å². The Morgan fingerprint density at radius 1 is 1.28 bits per heavy atom. The second kappa shape index (κ2) is 7.96. The number of nitrogens with zero attached hydrogens (tertiary/aromatic N) is 1. The number of piperidine rings is 1. The summed E-state index contributed by atoms with van der Waals surface area (Å²) in [6.45, 7) is 4.68. The quantitative estimate of drug-likeness (QED) is 0.715. The Morgan fingerprint density at radius 2 is 1.94 bits per heavy atom. The highest BCUT2D eigenvalue weighted by molar-refractivity contribution is 4.76. The summed E-state index contributed by atoms with van der Waals surface area (Å²) in [5, 5.41) is 3.47. The van der Waals surface area contributed by atoms with Crippen LogP contribution in [0.1, 0.15) is 26.2 Å². The summed E-state index contributed by atoms with van der Waals surface area (Å²) in [6, 6.07) is 0.567. The van der Waals surface area contributed by atoms with Gasteiger partial charge in [0.05, 0.1) is 6.61 Å². The molecule has 108 valence electrons. The highest BCUT2D eigenvalue weighted by atomic mass is 19.4. The van der Waals surface area contributed by atoms with E-state index in [9.17, 15) is 13.2 Å². The highest BCUT2D eigenvalue weighted by Gasteiger charge is 2.27. The van der Waals surface area contributed by atoms with E-state index in [4.69, 9.17) is 0 Å². The van der Waals surface area contributed by atoms with Gasteiger partial charge in [0.25, 0.3) is 0 Å². The molecule has 1 saturated heterocycles. The average molecular weight is 268 g/mol. The van der Waals surface area contributed by atoms with Gasteiger partial charge in [-0.2, -0.15) is 13.2 Å². The fourth-order valence-corrected chi connectivity index (χ4v) is 2.09. The molecule has 0 radical (unpaired) electrons. The zero-order chi connectivity index (χ0) is 13.4. The molecule has 0 aromatic carbocycles. The van der Waals surface area contributed by atoms with Gasteiger partial charge in [0.2, 0.25) is 0 Å². The van der Waals surface area contributed by atoms with Crippen molar-refractivity contribution in [2.75, 3.05) is 39.4 Å². The molecule has 0 spiro atoms. The number of ether oxygens (including phenoxy) is 1. The van der Waals surface area contributed by atoms with E-state index in [1.807, 2.05) is 0 Å². The number of nitrogens with one attached hydrogen (secondary N) is 1. The van der Waals surface area contributed by atoms with Crippen LogP contribution in [0.3, 0.4) is 0 Å². The normalized spacial score (nSPS) is 19.3. The van der Waals surface area contributed by atoms with Crippen LogP contribution in [0.4, 0.5) is 13.2 Å². The van der Waals surface area contributed by atoms with Crippen LogP contribution in [0.15, 0.2) is 0 Å². The average Bonchev–Trinajstić information content (AvgIpc) is 2.32. The largest absolute Gasteiger partial charge is 0.411 e. The second-order valence-electron chi connectivity index (χ2n) is 4.74. The van der Waals surface area contributed by atoms with Crippen molar-refractivity contribution in [2.45, 2.75) is 38.4 Å². The molecule has 1 aliphatic rings. The van der Waals surface area contributed by atoms with Crippen LogP contribution < -0.4 is 5.32 Å². The topological polar surface area (TPSA) is 24.5 Å². The first kappa shape index (κ1) is 15.7. The first-order valence-corrected chi connectivity index (χ1v) is 6.61. The maximum atomic E-state index is 11.8. The summed E-state index contributed by atoms with van der Waals surface area (Å²) in [5.41, 5.74) is 0. The number of hydrogen-bond donors (Lipinski definition) is 1. The minimum absolute atomic E-state index is 0.159. The SMILES string of the molecule is CCCNC1CCN(CCOCC(F)(F)F)CC1. The lowest BCUT2D eigenvalue weighted by Crippen LogP contribution is -2.43. The lowest BCUT2D eigenvalue weighted by Gasteiger charge is -2.32. The Bertz CT molecular complexity index is 216. The van der Waals surface area contributed by atoms with Crippen LogP contribution in [0.2, 0.25) is 0 Å². The van der Waals surface area contributed by atoms with Crippen molar-refractivity contribution >= 4 is 0 Å². The second-order valence-corrected chi connectivity index (χ2v) is 4.74. The van der Waals surface area contributed by atoms with Gasteiger partial charge in [-0.1, -0.05) is 6.92 Å². The van der Waals surface area contributed by atoms with Gasteiger partial charge >= 0.3 is 6.18 Å². The molecule has 0 atom stereocenters. The van der Waals surface area contributed by atoms with Crippen LogP contribution in [-0.2, 0) is 4.74 Å². The molecule has 0 unspecified atom stereocenters. The molecule has 1 heterocycles. The van der Waals surface area contributed by atoms with E-state index in [1.54, 1.807) is 0 Å². The predicted octanol–water partition coefficient (Wildman–Crippen LogP) is 2.03. The van der Waals surface area contributed by atoms with Crippen molar-refractivity contribution in [1.82, 2.24) is 10.2 Å². The van der Waals surface area contributed by atoms with Crippen LogP contribution in [0.5, 0.6) is 0 Å². The molecule has 0 aromatic heterocycles. The van der Waals surface area contributed by atoms with E-state index in [0.717, 1.165) is 38.9 Å². The van der Waals surface area contributed by atoms with Crippen LogP contribution in [-0.4, -0.2) is 56.5 Å². The van der Waals surface area contributed by atoms with Gasteiger partial charge in [-0.15, -0.1) is 0 Å². The van der Waals surface area contributed by atoms with Crippen molar-refractivity contribution < 1.29 is 17.9 Å². The molecule has 1 fully saturated rings. The molecular weight excluding hydrogens is 245 g/mol. The lowest BCUT2D eigenvalue weighted by atomic mass is 10.1. The van der Waals surface area contributed by atoms with Crippen LogP contribution in [0.25, 0.3) is 0 Å².